The van der Waals surface area contributed by atoms with Crippen molar-refractivity contribution in [2.75, 3.05) is 47.3 Å². The zero-order valence-electron chi connectivity index (χ0n) is 17.4. The standard InChI is InChI=1S/C21H37N5S/c1-5-22-21(24-15-18(25(2)3)16-10-11-16)23-14-17-8-6-12-26(4)20(17)19-9-7-13-27-19/h7,9,13,16-18,20H,5-6,8,10-12,14-15H2,1-4H3,(H2,22,23,24). The lowest BCUT2D eigenvalue weighted by atomic mass is 9.88. The Morgan fingerprint density at radius 3 is 2.78 bits per heavy atom. The fourth-order valence-corrected chi connectivity index (χ4v) is 5.34. The molecule has 3 unspecified atom stereocenters. The van der Waals surface area contributed by atoms with E-state index in [0.717, 1.165) is 31.5 Å². The molecule has 1 saturated heterocycles. The molecule has 3 rings (SSSR count). The van der Waals surface area contributed by atoms with E-state index < -0.39 is 0 Å². The molecule has 3 atom stereocenters. The summed E-state index contributed by atoms with van der Waals surface area (Å²) < 4.78 is 0. The van der Waals surface area contributed by atoms with E-state index in [1.165, 1.54) is 37.1 Å². The molecule has 1 aliphatic carbocycles. The number of hydrogen-bond donors (Lipinski definition) is 2. The minimum absolute atomic E-state index is 0.523. The molecule has 1 aromatic heterocycles. The fourth-order valence-electron chi connectivity index (χ4n) is 4.35. The summed E-state index contributed by atoms with van der Waals surface area (Å²) in [5.41, 5.74) is 0. The van der Waals surface area contributed by atoms with Crippen LogP contribution >= 0.6 is 11.3 Å². The summed E-state index contributed by atoms with van der Waals surface area (Å²) in [6.45, 7) is 6.10. The number of likely N-dealkylation sites (N-methyl/N-ethyl adjacent to an activating group) is 1. The van der Waals surface area contributed by atoms with E-state index in [4.69, 9.17) is 4.99 Å². The number of guanidine groups is 1. The Hall–Kier alpha value is -1.11. The summed E-state index contributed by atoms with van der Waals surface area (Å²) in [4.78, 5) is 11.3. The highest BCUT2D eigenvalue weighted by Gasteiger charge is 2.33. The number of likely N-dealkylation sites (tertiary alicyclic amines) is 1. The van der Waals surface area contributed by atoms with E-state index in [9.17, 15) is 0 Å². The molecule has 0 aromatic carbocycles. The van der Waals surface area contributed by atoms with Gasteiger partial charge in [0.2, 0.25) is 0 Å². The van der Waals surface area contributed by atoms with Gasteiger partial charge in [-0.15, -0.1) is 11.3 Å². The molecule has 1 aromatic rings. The average molecular weight is 392 g/mol. The van der Waals surface area contributed by atoms with Crippen molar-refractivity contribution in [3.8, 4) is 0 Å². The number of aliphatic imine (C=N–C) groups is 1. The molecule has 0 spiro atoms. The molecule has 27 heavy (non-hydrogen) atoms. The molecule has 1 aliphatic heterocycles. The number of nitrogens with one attached hydrogen (secondary N) is 2. The molecule has 6 heteroatoms. The first-order valence-corrected chi connectivity index (χ1v) is 11.4. The van der Waals surface area contributed by atoms with Crippen LogP contribution < -0.4 is 10.6 Å². The second-order valence-corrected chi connectivity index (χ2v) is 9.29. The van der Waals surface area contributed by atoms with Crippen LogP contribution in [-0.2, 0) is 0 Å². The third kappa shape index (κ3) is 5.69. The van der Waals surface area contributed by atoms with Gasteiger partial charge in [0.25, 0.3) is 0 Å². The van der Waals surface area contributed by atoms with Gasteiger partial charge >= 0.3 is 0 Å². The zero-order chi connectivity index (χ0) is 19.2. The van der Waals surface area contributed by atoms with E-state index in [2.05, 4.69) is 66.0 Å². The zero-order valence-corrected chi connectivity index (χ0v) is 18.3. The number of thiophene rings is 1. The maximum absolute atomic E-state index is 4.93. The molecule has 2 aliphatic rings. The van der Waals surface area contributed by atoms with Crippen molar-refractivity contribution in [2.45, 2.75) is 44.7 Å². The fraction of sp³-hybridized carbons (Fsp3) is 0.762. The van der Waals surface area contributed by atoms with Crippen LogP contribution in [0.2, 0.25) is 0 Å². The first-order chi connectivity index (χ1) is 13.1. The summed E-state index contributed by atoms with van der Waals surface area (Å²) in [6, 6.07) is 5.56. The highest BCUT2D eigenvalue weighted by molar-refractivity contribution is 7.10. The number of nitrogens with zero attached hydrogens (tertiary/aromatic N) is 3. The van der Waals surface area contributed by atoms with E-state index >= 15 is 0 Å². The van der Waals surface area contributed by atoms with E-state index in [0.29, 0.717) is 18.0 Å². The molecule has 5 nitrogen and oxygen atoms in total. The van der Waals surface area contributed by atoms with Crippen LogP contribution in [0.5, 0.6) is 0 Å². The van der Waals surface area contributed by atoms with Crippen molar-refractivity contribution in [3.05, 3.63) is 22.4 Å². The van der Waals surface area contributed by atoms with Gasteiger partial charge in [-0.3, -0.25) is 9.89 Å². The lowest BCUT2D eigenvalue weighted by molar-refractivity contribution is 0.125. The quantitative estimate of drug-likeness (QED) is 0.528. The van der Waals surface area contributed by atoms with Gasteiger partial charge in [-0.05, 0) is 83.6 Å². The van der Waals surface area contributed by atoms with Crippen molar-refractivity contribution in [2.24, 2.45) is 16.8 Å². The van der Waals surface area contributed by atoms with Crippen molar-refractivity contribution in [1.29, 1.82) is 0 Å². The van der Waals surface area contributed by atoms with Gasteiger partial charge in [-0.25, -0.2) is 0 Å². The van der Waals surface area contributed by atoms with Gasteiger partial charge in [0, 0.05) is 30.1 Å². The summed E-state index contributed by atoms with van der Waals surface area (Å²) >= 11 is 1.89. The number of hydrogen-bond acceptors (Lipinski definition) is 4. The second-order valence-electron chi connectivity index (χ2n) is 8.31. The Bertz CT molecular complexity index is 579. The first kappa shape index (κ1) is 20.6. The van der Waals surface area contributed by atoms with Crippen LogP contribution in [0.4, 0.5) is 0 Å². The Balaban J connectivity index is 1.61. The summed E-state index contributed by atoms with van der Waals surface area (Å²) in [7, 11) is 6.64. The smallest absolute Gasteiger partial charge is 0.191 e. The van der Waals surface area contributed by atoms with Gasteiger partial charge in [-0.2, -0.15) is 0 Å². The molecular formula is C21H37N5S. The molecule has 0 bridgehead atoms. The summed E-state index contributed by atoms with van der Waals surface area (Å²) in [5.74, 6) is 2.43. The Morgan fingerprint density at radius 2 is 2.15 bits per heavy atom. The van der Waals surface area contributed by atoms with E-state index in [1.54, 1.807) is 0 Å². The molecule has 2 N–H and O–H groups in total. The molecule has 0 radical (unpaired) electrons. The van der Waals surface area contributed by atoms with Gasteiger partial charge in [0.1, 0.15) is 0 Å². The maximum atomic E-state index is 4.93. The molecule has 2 heterocycles. The van der Waals surface area contributed by atoms with Gasteiger partial charge < -0.3 is 15.5 Å². The van der Waals surface area contributed by atoms with Crippen LogP contribution in [0.1, 0.15) is 43.5 Å². The van der Waals surface area contributed by atoms with Gasteiger partial charge in [-0.1, -0.05) is 6.07 Å². The summed E-state index contributed by atoms with van der Waals surface area (Å²) in [5, 5.41) is 9.30. The van der Waals surface area contributed by atoms with Crippen molar-refractivity contribution in [1.82, 2.24) is 20.4 Å². The Labute approximate surface area is 169 Å². The van der Waals surface area contributed by atoms with E-state index in [1.807, 2.05) is 11.3 Å². The molecule has 152 valence electrons. The number of rotatable bonds is 8. The lowest BCUT2D eigenvalue weighted by Gasteiger charge is -2.39. The monoisotopic (exact) mass is 391 g/mol. The molecule has 0 amide bonds. The Kier molecular flexibility index (Phi) is 7.56. The van der Waals surface area contributed by atoms with Crippen LogP contribution in [0.25, 0.3) is 0 Å². The van der Waals surface area contributed by atoms with Crippen molar-refractivity contribution >= 4 is 17.3 Å². The van der Waals surface area contributed by atoms with Crippen LogP contribution in [0.3, 0.4) is 0 Å². The van der Waals surface area contributed by atoms with Gasteiger partial charge in [0.15, 0.2) is 5.96 Å². The van der Waals surface area contributed by atoms with Crippen LogP contribution in [-0.4, -0.2) is 69.1 Å². The van der Waals surface area contributed by atoms with Crippen molar-refractivity contribution in [3.63, 3.8) is 0 Å². The van der Waals surface area contributed by atoms with Crippen LogP contribution in [0, 0.1) is 11.8 Å². The van der Waals surface area contributed by atoms with E-state index in [-0.39, 0.29) is 0 Å². The third-order valence-corrected chi connectivity index (χ3v) is 6.93. The molecular weight excluding hydrogens is 354 g/mol. The minimum Gasteiger partial charge on any atom is -0.357 e. The average Bonchev–Trinajstić information content (AvgIpc) is 3.33. The summed E-state index contributed by atoms with van der Waals surface area (Å²) in [6.07, 6.45) is 5.28. The first-order valence-electron chi connectivity index (χ1n) is 10.5. The highest BCUT2D eigenvalue weighted by atomic mass is 32.1. The topological polar surface area (TPSA) is 42.9 Å². The maximum Gasteiger partial charge on any atom is 0.191 e. The lowest BCUT2D eigenvalue weighted by Crippen LogP contribution is -2.45. The number of piperidine rings is 1. The van der Waals surface area contributed by atoms with Crippen molar-refractivity contribution < 1.29 is 0 Å². The normalized spacial score (nSPS) is 25.6. The SMILES string of the molecule is CCNC(=NCC(C1CC1)N(C)C)NCC1CCCN(C)C1c1cccs1. The molecule has 2 fully saturated rings. The largest absolute Gasteiger partial charge is 0.357 e. The molecule has 1 saturated carbocycles. The predicted octanol–water partition coefficient (Wildman–Crippen LogP) is 3.03. The van der Waals surface area contributed by atoms with Crippen LogP contribution in [0.15, 0.2) is 22.5 Å². The third-order valence-electron chi connectivity index (χ3n) is 5.98. The second kappa shape index (κ2) is 9.89. The predicted molar refractivity (Wildman–Crippen MR) is 117 cm³/mol. The Morgan fingerprint density at radius 1 is 1.33 bits per heavy atom. The highest BCUT2D eigenvalue weighted by Crippen LogP contribution is 2.37. The minimum atomic E-state index is 0.523. The van der Waals surface area contributed by atoms with Gasteiger partial charge in [0.05, 0.1) is 6.54 Å².